The molecular weight excluding hydrogens is 420 g/mol. The summed E-state index contributed by atoms with van der Waals surface area (Å²) in [5.41, 5.74) is 4.14. The number of likely N-dealkylation sites (N-methyl/N-ethyl adjacent to an activating group) is 1. The number of carboxylic acid groups (broad SMARTS) is 1. The summed E-state index contributed by atoms with van der Waals surface area (Å²) >= 11 is 0. The van der Waals surface area contributed by atoms with Crippen LogP contribution in [0.15, 0.2) is 48.5 Å². The monoisotopic (exact) mass is 448 g/mol. The molecule has 0 bridgehead atoms. The van der Waals surface area contributed by atoms with Crippen LogP contribution in [0.5, 0.6) is 0 Å². The van der Waals surface area contributed by atoms with E-state index in [1.54, 1.807) is 0 Å². The van der Waals surface area contributed by atoms with E-state index in [1.165, 1.54) is 30.0 Å². The smallest absolute Gasteiger partial charge is 0.407 e. The highest BCUT2D eigenvalue weighted by Crippen LogP contribution is 2.64. The second kappa shape index (κ2) is 7.90. The molecule has 33 heavy (non-hydrogen) atoms. The van der Waals surface area contributed by atoms with Gasteiger partial charge in [0.05, 0.1) is 5.41 Å². The zero-order valence-corrected chi connectivity index (χ0v) is 18.8. The summed E-state index contributed by atoms with van der Waals surface area (Å²) in [6.07, 6.45) is 1.52. The molecule has 2 aromatic rings. The number of nitrogens with zero attached hydrogens (tertiary/aromatic N) is 1. The van der Waals surface area contributed by atoms with Gasteiger partial charge in [-0.25, -0.2) is 9.59 Å². The number of nitrogens with one attached hydrogen (secondary N) is 1. The third-order valence-corrected chi connectivity index (χ3v) is 7.76. The maximum absolute atomic E-state index is 12.9. The van der Waals surface area contributed by atoms with Gasteiger partial charge in [0, 0.05) is 19.0 Å². The van der Waals surface area contributed by atoms with Crippen molar-refractivity contribution in [3.05, 3.63) is 59.7 Å². The van der Waals surface area contributed by atoms with Crippen LogP contribution in [0.4, 0.5) is 4.79 Å². The fraction of sp³-hybridized carbons (Fsp3) is 0.423. The Morgan fingerprint density at radius 2 is 1.70 bits per heavy atom. The predicted molar refractivity (Wildman–Crippen MR) is 122 cm³/mol. The zero-order valence-electron chi connectivity index (χ0n) is 18.8. The van der Waals surface area contributed by atoms with Gasteiger partial charge in [-0.15, -0.1) is 0 Å². The molecule has 2 saturated carbocycles. The zero-order chi connectivity index (χ0) is 23.3. The molecule has 2 fully saturated rings. The van der Waals surface area contributed by atoms with Crippen molar-refractivity contribution in [2.75, 3.05) is 13.7 Å². The Morgan fingerprint density at radius 1 is 1.09 bits per heavy atom. The number of benzene rings is 2. The molecule has 0 spiro atoms. The van der Waals surface area contributed by atoms with Crippen LogP contribution in [0, 0.1) is 11.3 Å². The molecule has 3 aliphatic carbocycles. The van der Waals surface area contributed by atoms with Crippen LogP contribution in [0.3, 0.4) is 0 Å². The Morgan fingerprint density at radius 3 is 2.30 bits per heavy atom. The van der Waals surface area contributed by atoms with Crippen LogP contribution < -0.4 is 5.32 Å². The van der Waals surface area contributed by atoms with Crippen LogP contribution in [-0.2, 0) is 14.3 Å². The minimum atomic E-state index is -1.02. The van der Waals surface area contributed by atoms with E-state index >= 15 is 0 Å². The van der Waals surface area contributed by atoms with E-state index in [1.807, 2.05) is 24.3 Å². The van der Waals surface area contributed by atoms with Gasteiger partial charge in [-0.3, -0.25) is 4.79 Å². The summed E-state index contributed by atoms with van der Waals surface area (Å²) in [6, 6.07) is 15.4. The maximum Gasteiger partial charge on any atom is 0.407 e. The summed E-state index contributed by atoms with van der Waals surface area (Å²) in [5.74, 6) is -0.975. The van der Waals surface area contributed by atoms with Crippen LogP contribution >= 0.6 is 0 Å². The van der Waals surface area contributed by atoms with Crippen molar-refractivity contribution in [2.24, 2.45) is 11.3 Å². The second-order valence-corrected chi connectivity index (χ2v) is 9.59. The van der Waals surface area contributed by atoms with E-state index < -0.39 is 23.5 Å². The van der Waals surface area contributed by atoms with E-state index in [-0.39, 0.29) is 30.4 Å². The van der Waals surface area contributed by atoms with Gasteiger partial charge in [-0.05, 0) is 54.4 Å². The highest BCUT2D eigenvalue weighted by molar-refractivity contribution is 5.90. The lowest BCUT2D eigenvalue weighted by molar-refractivity contribution is -0.150. The van der Waals surface area contributed by atoms with Crippen LogP contribution in [-0.4, -0.2) is 53.7 Å². The van der Waals surface area contributed by atoms with Gasteiger partial charge >= 0.3 is 12.1 Å². The molecule has 2 N–H and O–H groups in total. The molecule has 2 amide bonds. The molecule has 172 valence electrons. The van der Waals surface area contributed by atoms with Crippen molar-refractivity contribution in [1.82, 2.24) is 10.2 Å². The number of rotatable bonds is 6. The molecule has 7 heteroatoms. The Bertz CT molecular complexity index is 1090. The summed E-state index contributed by atoms with van der Waals surface area (Å²) in [7, 11) is 1.54. The number of carbonyl (C=O) groups is 3. The fourth-order valence-corrected chi connectivity index (χ4v) is 5.76. The van der Waals surface area contributed by atoms with Crippen molar-refractivity contribution < 1.29 is 24.2 Å². The minimum absolute atomic E-state index is 0.000735. The molecule has 0 aliphatic heterocycles. The number of alkyl carbamates (subject to hydrolysis) is 1. The summed E-state index contributed by atoms with van der Waals surface area (Å²) in [4.78, 5) is 38.1. The van der Waals surface area contributed by atoms with Gasteiger partial charge in [0.1, 0.15) is 12.6 Å². The first kappa shape index (κ1) is 21.5. The van der Waals surface area contributed by atoms with Crippen LogP contribution in [0.1, 0.15) is 43.2 Å². The van der Waals surface area contributed by atoms with Crippen LogP contribution in [0.2, 0.25) is 0 Å². The molecule has 2 aromatic carbocycles. The molecule has 0 saturated heterocycles. The number of hydrogen-bond donors (Lipinski definition) is 2. The van der Waals surface area contributed by atoms with Gasteiger partial charge < -0.3 is 20.1 Å². The summed E-state index contributed by atoms with van der Waals surface area (Å²) in [5, 5.41) is 12.2. The van der Waals surface area contributed by atoms with Crippen molar-refractivity contribution in [1.29, 1.82) is 0 Å². The number of ether oxygens (including phenoxy) is 1. The first-order chi connectivity index (χ1) is 15.8. The van der Waals surface area contributed by atoms with E-state index in [0.29, 0.717) is 12.8 Å². The first-order valence-electron chi connectivity index (χ1n) is 11.4. The molecule has 0 heterocycles. The van der Waals surface area contributed by atoms with Crippen LogP contribution in [0.25, 0.3) is 11.1 Å². The molecule has 0 radical (unpaired) electrons. The molecule has 5 rings (SSSR count). The normalized spacial score (nSPS) is 25.4. The van der Waals surface area contributed by atoms with Gasteiger partial charge in [0.15, 0.2) is 0 Å². The van der Waals surface area contributed by atoms with E-state index in [0.717, 1.165) is 17.5 Å². The predicted octanol–water partition coefficient (Wildman–Crippen LogP) is 3.63. The molecule has 0 aromatic heterocycles. The molecule has 7 nitrogen and oxygen atoms in total. The van der Waals surface area contributed by atoms with E-state index in [9.17, 15) is 19.5 Å². The second-order valence-electron chi connectivity index (χ2n) is 9.59. The van der Waals surface area contributed by atoms with Gasteiger partial charge in [-0.1, -0.05) is 48.5 Å². The topological polar surface area (TPSA) is 95.9 Å². The van der Waals surface area contributed by atoms with E-state index in [4.69, 9.17) is 4.74 Å². The molecule has 4 atom stereocenters. The lowest BCUT2D eigenvalue weighted by atomic mass is 9.98. The Kier molecular flexibility index (Phi) is 5.15. The number of aliphatic carboxylic acids is 1. The van der Waals surface area contributed by atoms with Crippen molar-refractivity contribution in [3.8, 4) is 11.1 Å². The summed E-state index contributed by atoms with van der Waals surface area (Å²) < 4.78 is 5.64. The first-order valence-corrected chi connectivity index (χ1v) is 11.4. The molecule has 3 aliphatic rings. The summed E-state index contributed by atoms with van der Waals surface area (Å²) in [6.45, 7) is 1.76. The maximum atomic E-state index is 12.9. The lowest BCUT2D eigenvalue weighted by Crippen LogP contribution is -2.45. The van der Waals surface area contributed by atoms with E-state index in [2.05, 4.69) is 29.6 Å². The lowest BCUT2D eigenvalue weighted by Gasteiger charge is -2.26. The molecular formula is C26H28N2O5. The Labute approximate surface area is 192 Å². The van der Waals surface area contributed by atoms with Crippen molar-refractivity contribution >= 4 is 18.0 Å². The number of carbonyl (C=O) groups excluding carboxylic acids is 2. The average Bonchev–Trinajstić information content (AvgIpc) is 3.24. The minimum Gasteiger partial charge on any atom is -0.480 e. The third kappa shape index (κ3) is 3.56. The quantitative estimate of drug-likeness (QED) is 0.704. The number of fused-ring (bicyclic) bond motifs is 4. The van der Waals surface area contributed by atoms with Crippen molar-refractivity contribution in [2.45, 2.75) is 44.2 Å². The standard InChI is InChI=1S/C26H28N2O5/c1-15(23(29)30)28(2)24(31)26-12-16(26)11-17(13-26)27-25(32)33-14-22-20-9-5-3-7-18(20)19-8-4-6-10-21(19)22/h3-10,15-17,22H,11-14H2,1-2H3,(H,27,32)(H,29,30)/t15-,16-,17+,26+/m0/s1. The SMILES string of the molecule is C[C@@H](C(=O)O)N(C)C(=O)[C@]12C[C@H](NC(=O)OCC3c4ccccc4-c4ccccc43)C[C@H]1C2. The van der Waals surface area contributed by atoms with Gasteiger partial charge in [-0.2, -0.15) is 0 Å². The third-order valence-electron chi connectivity index (χ3n) is 7.76. The van der Waals surface area contributed by atoms with Gasteiger partial charge in [0.25, 0.3) is 0 Å². The average molecular weight is 449 g/mol. The molecule has 0 unspecified atom stereocenters. The van der Waals surface area contributed by atoms with Crippen molar-refractivity contribution in [3.63, 3.8) is 0 Å². The highest BCUT2D eigenvalue weighted by Gasteiger charge is 2.66. The number of hydrogen-bond acceptors (Lipinski definition) is 4. The number of carboxylic acids is 1. The van der Waals surface area contributed by atoms with Gasteiger partial charge in [0.2, 0.25) is 5.91 Å². The largest absolute Gasteiger partial charge is 0.480 e. The number of amides is 2. The fourth-order valence-electron chi connectivity index (χ4n) is 5.76. The Hall–Kier alpha value is -3.35. The Balaban J connectivity index is 1.19. The highest BCUT2D eigenvalue weighted by atomic mass is 16.5.